The van der Waals surface area contributed by atoms with E-state index in [1.54, 1.807) is 23.1 Å². The molecule has 0 atom stereocenters. The van der Waals surface area contributed by atoms with Crippen molar-refractivity contribution in [3.05, 3.63) is 53.1 Å². The third-order valence-electron chi connectivity index (χ3n) is 3.76. The number of amides is 1. The zero-order chi connectivity index (χ0) is 16.4. The van der Waals surface area contributed by atoms with Crippen LogP contribution in [0.3, 0.4) is 0 Å². The first-order valence-electron chi connectivity index (χ1n) is 7.58. The smallest absolute Gasteiger partial charge is 0.253 e. The second-order valence-corrected chi connectivity index (χ2v) is 5.63. The average Bonchev–Trinajstić information content (AvgIpc) is 2.99. The lowest BCUT2D eigenvalue weighted by atomic mass is 10.1. The fraction of sp³-hybridized carbons (Fsp3) is 0.222. The number of aromatic nitrogens is 1. The highest BCUT2D eigenvalue weighted by Crippen LogP contribution is 2.27. The number of carbonyl (C=O) groups excluding carboxylic acids is 1. The van der Waals surface area contributed by atoms with Gasteiger partial charge in [-0.05, 0) is 50.2 Å². The molecule has 0 aliphatic heterocycles. The molecule has 2 aromatic carbocycles. The molecule has 23 heavy (non-hydrogen) atoms. The number of nitrogens with zero attached hydrogens (tertiary/aromatic N) is 2. The molecule has 1 amide bonds. The highest BCUT2D eigenvalue weighted by atomic mass is 35.5. The Balaban J connectivity index is 1.99. The molecule has 3 rings (SSSR count). The van der Waals surface area contributed by atoms with E-state index in [-0.39, 0.29) is 5.91 Å². The summed E-state index contributed by atoms with van der Waals surface area (Å²) in [6.07, 6.45) is 0. The highest BCUT2D eigenvalue weighted by Gasteiger charge is 2.15. The van der Waals surface area contributed by atoms with Crippen molar-refractivity contribution in [2.45, 2.75) is 13.8 Å². The van der Waals surface area contributed by atoms with Gasteiger partial charge in [0.25, 0.3) is 5.91 Å². The summed E-state index contributed by atoms with van der Waals surface area (Å²) in [6, 6.07) is 12.7. The minimum Gasteiger partial charge on any atom is -0.436 e. The van der Waals surface area contributed by atoms with Crippen LogP contribution in [0.25, 0.3) is 22.6 Å². The Morgan fingerprint density at radius 3 is 2.70 bits per heavy atom. The summed E-state index contributed by atoms with van der Waals surface area (Å²) in [6.45, 7) is 5.30. The largest absolute Gasteiger partial charge is 0.436 e. The minimum absolute atomic E-state index is 0.0102. The van der Waals surface area contributed by atoms with Gasteiger partial charge in [-0.25, -0.2) is 4.98 Å². The molecule has 0 unspecified atom stereocenters. The Morgan fingerprint density at radius 2 is 1.96 bits per heavy atom. The summed E-state index contributed by atoms with van der Waals surface area (Å²) >= 11 is 5.98. The molecule has 0 radical (unpaired) electrons. The topological polar surface area (TPSA) is 46.3 Å². The summed E-state index contributed by atoms with van der Waals surface area (Å²) < 4.78 is 5.76. The minimum atomic E-state index is 0.0102. The maximum atomic E-state index is 12.5. The lowest BCUT2D eigenvalue weighted by Crippen LogP contribution is -2.30. The summed E-state index contributed by atoms with van der Waals surface area (Å²) in [7, 11) is 0. The molecule has 1 aromatic heterocycles. The lowest BCUT2D eigenvalue weighted by Gasteiger charge is -2.18. The average molecular weight is 329 g/mol. The Hall–Kier alpha value is -2.33. The third kappa shape index (κ3) is 3.08. The molecule has 0 bridgehead atoms. The first kappa shape index (κ1) is 15.6. The quantitative estimate of drug-likeness (QED) is 0.701. The SMILES string of the molecule is CCN(CC)C(=O)c1cccc(-c2nc3cc(Cl)ccc3o2)c1. The Labute approximate surface area is 139 Å². The number of carbonyl (C=O) groups is 1. The van der Waals surface area contributed by atoms with E-state index in [1.165, 1.54) is 0 Å². The van der Waals surface area contributed by atoms with Gasteiger partial charge in [0.1, 0.15) is 5.52 Å². The van der Waals surface area contributed by atoms with Gasteiger partial charge in [0.2, 0.25) is 5.89 Å². The Kier molecular flexibility index (Phi) is 4.35. The summed E-state index contributed by atoms with van der Waals surface area (Å²) in [5.74, 6) is 0.493. The second kappa shape index (κ2) is 6.42. The van der Waals surface area contributed by atoms with Crippen molar-refractivity contribution >= 4 is 28.6 Å². The molecule has 0 aliphatic carbocycles. The van der Waals surface area contributed by atoms with E-state index in [0.717, 1.165) is 5.56 Å². The molecular weight excluding hydrogens is 312 g/mol. The highest BCUT2D eigenvalue weighted by molar-refractivity contribution is 6.31. The van der Waals surface area contributed by atoms with Gasteiger partial charge in [0, 0.05) is 29.2 Å². The standard InChI is InChI=1S/C18H17ClN2O2/c1-3-21(4-2)18(22)13-7-5-6-12(10-13)17-20-15-11-14(19)8-9-16(15)23-17/h5-11H,3-4H2,1-2H3. The predicted octanol–water partition coefficient (Wildman–Crippen LogP) is 4.63. The van der Waals surface area contributed by atoms with Crippen LogP contribution in [0, 0.1) is 0 Å². The van der Waals surface area contributed by atoms with Crippen LogP contribution in [0.5, 0.6) is 0 Å². The number of benzene rings is 2. The molecule has 3 aromatic rings. The van der Waals surface area contributed by atoms with Gasteiger partial charge in [-0.2, -0.15) is 0 Å². The molecule has 0 saturated heterocycles. The van der Waals surface area contributed by atoms with Gasteiger partial charge < -0.3 is 9.32 Å². The van der Waals surface area contributed by atoms with Crippen LogP contribution in [0.2, 0.25) is 5.02 Å². The monoisotopic (exact) mass is 328 g/mol. The molecule has 5 heteroatoms. The van der Waals surface area contributed by atoms with E-state index >= 15 is 0 Å². The van der Waals surface area contributed by atoms with Gasteiger partial charge in [-0.3, -0.25) is 4.79 Å². The molecule has 0 saturated carbocycles. The fourth-order valence-electron chi connectivity index (χ4n) is 2.50. The van der Waals surface area contributed by atoms with Crippen molar-refractivity contribution < 1.29 is 9.21 Å². The van der Waals surface area contributed by atoms with Crippen LogP contribution in [0.1, 0.15) is 24.2 Å². The maximum absolute atomic E-state index is 12.5. The van der Waals surface area contributed by atoms with Gasteiger partial charge in [-0.1, -0.05) is 17.7 Å². The van der Waals surface area contributed by atoms with Gasteiger partial charge in [-0.15, -0.1) is 0 Å². The number of fused-ring (bicyclic) bond motifs is 1. The van der Waals surface area contributed by atoms with E-state index in [0.29, 0.717) is 40.7 Å². The number of hydrogen-bond donors (Lipinski definition) is 0. The zero-order valence-corrected chi connectivity index (χ0v) is 13.8. The van der Waals surface area contributed by atoms with Crippen molar-refractivity contribution in [2.75, 3.05) is 13.1 Å². The van der Waals surface area contributed by atoms with Gasteiger partial charge >= 0.3 is 0 Å². The van der Waals surface area contributed by atoms with Crippen LogP contribution < -0.4 is 0 Å². The Morgan fingerprint density at radius 1 is 1.17 bits per heavy atom. The Bertz CT molecular complexity index is 853. The molecule has 0 spiro atoms. The van der Waals surface area contributed by atoms with Gasteiger partial charge in [0.15, 0.2) is 5.58 Å². The van der Waals surface area contributed by atoms with E-state index in [9.17, 15) is 4.79 Å². The third-order valence-corrected chi connectivity index (χ3v) is 3.99. The summed E-state index contributed by atoms with van der Waals surface area (Å²) in [4.78, 5) is 18.7. The summed E-state index contributed by atoms with van der Waals surface area (Å²) in [5.41, 5.74) is 2.78. The van der Waals surface area contributed by atoms with Gasteiger partial charge in [0.05, 0.1) is 0 Å². The number of hydrogen-bond acceptors (Lipinski definition) is 3. The van der Waals surface area contributed by atoms with Crippen LogP contribution in [0.15, 0.2) is 46.9 Å². The zero-order valence-electron chi connectivity index (χ0n) is 13.0. The second-order valence-electron chi connectivity index (χ2n) is 5.19. The first-order chi connectivity index (χ1) is 11.1. The van der Waals surface area contributed by atoms with Crippen molar-refractivity contribution in [3.8, 4) is 11.5 Å². The summed E-state index contributed by atoms with van der Waals surface area (Å²) in [5, 5.41) is 0.614. The van der Waals surface area contributed by atoms with Crippen LogP contribution in [-0.4, -0.2) is 28.9 Å². The van der Waals surface area contributed by atoms with Crippen molar-refractivity contribution in [3.63, 3.8) is 0 Å². The molecule has 0 fully saturated rings. The van der Waals surface area contributed by atoms with E-state index in [4.69, 9.17) is 16.0 Å². The normalized spacial score (nSPS) is 10.9. The van der Waals surface area contributed by atoms with Crippen molar-refractivity contribution in [1.29, 1.82) is 0 Å². The molecule has 1 heterocycles. The molecular formula is C18H17ClN2O2. The van der Waals surface area contributed by atoms with E-state index < -0.39 is 0 Å². The number of halogens is 1. The molecule has 0 aliphatic rings. The van der Waals surface area contributed by atoms with Crippen LogP contribution >= 0.6 is 11.6 Å². The van der Waals surface area contributed by atoms with Crippen LogP contribution in [0.4, 0.5) is 0 Å². The predicted molar refractivity (Wildman–Crippen MR) is 91.7 cm³/mol. The number of rotatable bonds is 4. The van der Waals surface area contributed by atoms with Crippen molar-refractivity contribution in [1.82, 2.24) is 9.88 Å². The lowest BCUT2D eigenvalue weighted by molar-refractivity contribution is 0.0773. The fourth-order valence-corrected chi connectivity index (χ4v) is 2.67. The molecule has 118 valence electrons. The van der Waals surface area contributed by atoms with E-state index in [2.05, 4.69) is 4.98 Å². The van der Waals surface area contributed by atoms with Crippen LogP contribution in [-0.2, 0) is 0 Å². The van der Waals surface area contributed by atoms with Crippen molar-refractivity contribution in [2.24, 2.45) is 0 Å². The van der Waals surface area contributed by atoms with E-state index in [1.807, 2.05) is 38.1 Å². The first-order valence-corrected chi connectivity index (χ1v) is 7.96. The molecule has 0 N–H and O–H groups in total. The molecule has 4 nitrogen and oxygen atoms in total. The maximum Gasteiger partial charge on any atom is 0.253 e. The number of oxazole rings is 1.